The summed E-state index contributed by atoms with van der Waals surface area (Å²) in [4.78, 5) is 0. The van der Waals surface area contributed by atoms with Crippen molar-refractivity contribution in [3.05, 3.63) is 145 Å². The molecule has 0 aromatic heterocycles. The molecule has 0 heteroatoms. The van der Waals surface area contributed by atoms with Crippen molar-refractivity contribution in [3.63, 3.8) is 0 Å². The molecule has 0 saturated carbocycles. The zero-order valence-corrected chi connectivity index (χ0v) is 21.1. The number of fused-ring (bicyclic) bond motifs is 6. The summed E-state index contributed by atoms with van der Waals surface area (Å²) < 4.78 is 0. The van der Waals surface area contributed by atoms with Gasteiger partial charge in [-0.15, -0.1) is 13.2 Å². The molecule has 0 spiro atoms. The predicted molar refractivity (Wildman–Crippen MR) is 153 cm³/mol. The van der Waals surface area contributed by atoms with Crippen molar-refractivity contribution in [3.8, 4) is 22.3 Å². The molecule has 0 radical (unpaired) electrons. The molecule has 0 N–H and O–H groups in total. The van der Waals surface area contributed by atoms with Crippen molar-refractivity contribution in [2.24, 2.45) is 0 Å². The van der Waals surface area contributed by atoms with Gasteiger partial charge in [0, 0.05) is 5.41 Å². The van der Waals surface area contributed by atoms with Crippen LogP contribution >= 0.6 is 0 Å². The first-order valence-electron chi connectivity index (χ1n) is 12.8. The van der Waals surface area contributed by atoms with Crippen LogP contribution < -0.4 is 0 Å². The standard InChI is InChI=1S/C19H18.C13H10.C3H8/c1-3-13-19(14-4-2)17-11-7-5-9-15(17)16-10-6-8-12-18(16)19;1-3-7-12-10(5-1)9-11-6-2-4-8-13(11)12;1-3-2/h3-12H,1-2,13-14H2;1-8H,9H2;3H2,1-2H3. The van der Waals surface area contributed by atoms with Gasteiger partial charge < -0.3 is 0 Å². The zero-order chi connectivity index (χ0) is 24.7. The highest BCUT2D eigenvalue weighted by Gasteiger charge is 2.40. The second-order valence-corrected chi connectivity index (χ2v) is 9.36. The second-order valence-electron chi connectivity index (χ2n) is 9.36. The summed E-state index contributed by atoms with van der Waals surface area (Å²) in [7, 11) is 0. The van der Waals surface area contributed by atoms with Crippen molar-refractivity contribution in [1.82, 2.24) is 0 Å². The van der Waals surface area contributed by atoms with Crippen LogP contribution in [0.5, 0.6) is 0 Å². The maximum atomic E-state index is 3.96. The van der Waals surface area contributed by atoms with Crippen LogP contribution in [0, 0.1) is 0 Å². The quantitative estimate of drug-likeness (QED) is 0.236. The van der Waals surface area contributed by atoms with E-state index in [0.717, 1.165) is 19.3 Å². The maximum Gasteiger partial charge on any atom is 0.0283 e. The highest BCUT2D eigenvalue weighted by Crippen LogP contribution is 2.52. The SMILES string of the molecule is C=CCC1(CC=C)c2ccccc2-c2ccccc21.CCC.c1ccc2c(c1)Cc1ccccc1-2. The highest BCUT2D eigenvalue weighted by atomic mass is 14.4. The van der Waals surface area contributed by atoms with Crippen LogP contribution in [-0.4, -0.2) is 0 Å². The average Bonchev–Trinajstić information content (AvgIpc) is 3.40. The molecule has 4 aromatic rings. The van der Waals surface area contributed by atoms with Crippen LogP contribution in [0.4, 0.5) is 0 Å². The molecule has 0 amide bonds. The highest BCUT2D eigenvalue weighted by molar-refractivity contribution is 5.81. The molecule has 2 aliphatic carbocycles. The topological polar surface area (TPSA) is 0 Å². The van der Waals surface area contributed by atoms with Crippen molar-refractivity contribution in [2.75, 3.05) is 0 Å². The normalized spacial score (nSPS) is 13.0. The molecule has 0 atom stereocenters. The molecule has 0 unspecified atom stereocenters. The van der Waals surface area contributed by atoms with E-state index in [4.69, 9.17) is 0 Å². The number of hydrogen-bond donors (Lipinski definition) is 0. The van der Waals surface area contributed by atoms with Crippen molar-refractivity contribution >= 4 is 0 Å². The van der Waals surface area contributed by atoms with Gasteiger partial charge in [-0.1, -0.05) is 129 Å². The number of benzene rings is 4. The minimum absolute atomic E-state index is 0.0245. The monoisotopic (exact) mass is 456 g/mol. The fourth-order valence-corrected chi connectivity index (χ4v) is 5.51. The van der Waals surface area contributed by atoms with Gasteiger partial charge in [-0.05, 0) is 63.8 Å². The molecule has 0 aliphatic heterocycles. The van der Waals surface area contributed by atoms with E-state index in [1.54, 1.807) is 0 Å². The van der Waals surface area contributed by atoms with Crippen LogP contribution in [-0.2, 0) is 11.8 Å². The van der Waals surface area contributed by atoms with Gasteiger partial charge in [-0.2, -0.15) is 0 Å². The third kappa shape index (κ3) is 4.66. The minimum atomic E-state index is 0.0245. The Morgan fingerprint density at radius 2 is 0.914 bits per heavy atom. The van der Waals surface area contributed by atoms with Crippen LogP contribution in [0.25, 0.3) is 22.3 Å². The lowest BCUT2D eigenvalue weighted by Gasteiger charge is -2.30. The van der Waals surface area contributed by atoms with E-state index >= 15 is 0 Å². The summed E-state index contributed by atoms with van der Waals surface area (Å²) in [6, 6.07) is 34.8. The third-order valence-electron chi connectivity index (χ3n) is 6.87. The minimum Gasteiger partial charge on any atom is -0.103 e. The van der Waals surface area contributed by atoms with Gasteiger partial charge >= 0.3 is 0 Å². The predicted octanol–water partition coefficient (Wildman–Crippen LogP) is 9.78. The van der Waals surface area contributed by atoms with E-state index in [1.807, 2.05) is 12.2 Å². The zero-order valence-electron chi connectivity index (χ0n) is 21.1. The Hall–Kier alpha value is -3.64. The molecule has 6 rings (SSSR count). The molecule has 0 fully saturated rings. The Labute approximate surface area is 211 Å². The fraction of sp³-hybridized carbons (Fsp3) is 0.200. The van der Waals surface area contributed by atoms with Crippen LogP contribution in [0.3, 0.4) is 0 Å². The Morgan fingerprint density at radius 3 is 1.31 bits per heavy atom. The lowest BCUT2D eigenvalue weighted by Crippen LogP contribution is -2.23. The van der Waals surface area contributed by atoms with Crippen molar-refractivity contribution in [1.29, 1.82) is 0 Å². The molecule has 4 aromatic carbocycles. The van der Waals surface area contributed by atoms with Gasteiger partial charge in [0.1, 0.15) is 0 Å². The molecule has 0 heterocycles. The number of allylic oxidation sites excluding steroid dienone is 2. The number of rotatable bonds is 4. The van der Waals surface area contributed by atoms with Crippen LogP contribution in [0.15, 0.2) is 122 Å². The smallest absolute Gasteiger partial charge is 0.0283 e. The van der Waals surface area contributed by atoms with Crippen molar-refractivity contribution in [2.45, 2.75) is 44.9 Å². The molecular weight excluding hydrogens is 420 g/mol. The van der Waals surface area contributed by atoms with E-state index in [9.17, 15) is 0 Å². The van der Waals surface area contributed by atoms with Gasteiger partial charge in [0.05, 0.1) is 0 Å². The summed E-state index contributed by atoms with van der Waals surface area (Å²) in [5.74, 6) is 0. The maximum absolute atomic E-state index is 3.96. The Bertz CT molecular complexity index is 1210. The van der Waals surface area contributed by atoms with E-state index < -0.39 is 0 Å². The van der Waals surface area contributed by atoms with E-state index in [2.05, 4.69) is 124 Å². The lowest BCUT2D eigenvalue weighted by atomic mass is 9.73. The summed E-state index contributed by atoms with van der Waals surface area (Å²) in [5.41, 5.74) is 11.3. The summed E-state index contributed by atoms with van der Waals surface area (Å²) in [5, 5.41) is 0. The first-order chi connectivity index (χ1) is 17.2. The lowest BCUT2D eigenvalue weighted by molar-refractivity contribution is 0.543. The molecule has 35 heavy (non-hydrogen) atoms. The molecule has 2 aliphatic rings. The summed E-state index contributed by atoms with van der Waals surface area (Å²) in [6.45, 7) is 12.2. The molecule has 0 saturated heterocycles. The summed E-state index contributed by atoms with van der Waals surface area (Å²) in [6.07, 6.45) is 8.32. The molecule has 0 nitrogen and oxygen atoms in total. The van der Waals surface area contributed by atoms with Gasteiger partial charge in [0.25, 0.3) is 0 Å². The number of hydrogen-bond acceptors (Lipinski definition) is 0. The van der Waals surface area contributed by atoms with Gasteiger partial charge in [-0.25, -0.2) is 0 Å². The van der Waals surface area contributed by atoms with Crippen LogP contribution in [0.1, 0.15) is 55.4 Å². The largest absolute Gasteiger partial charge is 0.103 e. The third-order valence-corrected chi connectivity index (χ3v) is 6.87. The average molecular weight is 457 g/mol. The first-order valence-corrected chi connectivity index (χ1v) is 12.8. The van der Waals surface area contributed by atoms with Crippen molar-refractivity contribution < 1.29 is 0 Å². The van der Waals surface area contributed by atoms with Gasteiger partial charge in [0.15, 0.2) is 0 Å². The Balaban J connectivity index is 0.000000156. The molecule has 0 bridgehead atoms. The van der Waals surface area contributed by atoms with E-state index in [1.165, 1.54) is 50.9 Å². The van der Waals surface area contributed by atoms with Gasteiger partial charge in [0.2, 0.25) is 0 Å². The van der Waals surface area contributed by atoms with Gasteiger partial charge in [-0.3, -0.25) is 0 Å². The fourth-order valence-electron chi connectivity index (χ4n) is 5.51. The molecule has 176 valence electrons. The first kappa shape index (κ1) is 24.5. The molecular formula is C35H36. The van der Waals surface area contributed by atoms with E-state index in [0.29, 0.717) is 0 Å². The Kier molecular flexibility index (Phi) is 7.83. The van der Waals surface area contributed by atoms with E-state index in [-0.39, 0.29) is 5.41 Å². The Morgan fingerprint density at radius 1 is 0.571 bits per heavy atom. The van der Waals surface area contributed by atoms with Crippen LogP contribution in [0.2, 0.25) is 0 Å². The summed E-state index contributed by atoms with van der Waals surface area (Å²) >= 11 is 0. The second kappa shape index (κ2) is 11.2.